The van der Waals surface area contributed by atoms with Gasteiger partial charge in [-0.05, 0) is 47.9 Å². The predicted molar refractivity (Wildman–Crippen MR) is 84.1 cm³/mol. The van der Waals surface area contributed by atoms with Gasteiger partial charge >= 0.3 is 0 Å². The average molecular weight is 334 g/mol. The van der Waals surface area contributed by atoms with Crippen LogP contribution in [0.2, 0.25) is 0 Å². The number of fused-ring (bicyclic) bond motifs is 1. The maximum Gasteiger partial charge on any atom is 0.240 e. The van der Waals surface area contributed by atoms with E-state index in [4.69, 9.17) is 0 Å². The third-order valence-electron chi connectivity index (χ3n) is 3.62. The fourth-order valence-corrected chi connectivity index (χ4v) is 3.50. The Kier molecular flexibility index (Phi) is 4.14. The number of halogens is 1. The molecule has 2 N–H and O–H groups in total. The fraction of sp³-hybridized carbons (Fsp3) is 0.188. The fourth-order valence-electron chi connectivity index (χ4n) is 2.46. The maximum absolute atomic E-state index is 12.8. The molecule has 1 heterocycles. The molecule has 23 heavy (non-hydrogen) atoms. The number of carbonyl (C=O) groups excluding carboxylic acids is 1. The van der Waals surface area contributed by atoms with E-state index in [2.05, 4.69) is 10.0 Å². The van der Waals surface area contributed by atoms with Crippen LogP contribution in [0, 0.1) is 5.82 Å². The van der Waals surface area contributed by atoms with Gasteiger partial charge in [-0.15, -0.1) is 0 Å². The standard InChI is InChI=1S/C16H15FN2O3S/c17-13-2-4-14(5-3-13)23(21,22)18-8-7-11-1-6-15-12(9-11)10-16(20)19-15/h1-6,9,18H,7-8,10H2,(H,19,20). The minimum absolute atomic E-state index is 0.0302. The van der Waals surface area contributed by atoms with Gasteiger partial charge in [0.2, 0.25) is 15.9 Å². The van der Waals surface area contributed by atoms with Crippen molar-refractivity contribution in [3.63, 3.8) is 0 Å². The molecule has 0 bridgehead atoms. The summed E-state index contributed by atoms with van der Waals surface area (Å²) < 4.78 is 39.5. The number of amides is 1. The number of rotatable bonds is 5. The van der Waals surface area contributed by atoms with Crippen LogP contribution in [0.5, 0.6) is 0 Å². The second-order valence-electron chi connectivity index (χ2n) is 5.32. The first-order valence-electron chi connectivity index (χ1n) is 7.11. The van der Waals surface area contributed by atoms with Crippen molar-refractivity contribution >= 4 is 21.6 Å². The van der Waals surface area contributed by atoms with Crippen LogP contribution in [-0.4, -0.2) is 20.9 Å². The third kappa shape index (κ3) is 3.57. The summed E-state index contributed by atoms with van der Waals surface area (Å²) in [7, 11) is -3.65. The van der Waals surface area contributed by atoms with Gasteiger partial charge in [0.05, 0.1) is 11.3 Å². The van der Waals surface area contributed by atoms with E-state index in [9.17, 15) is 17.6 Å². The normalized spacial score (nSPS) is 13.7. The summed E-state index contributed by atoms with van der Waals surface area (Å²) >= 11 is 0. The van der Waals surface area contributed by atoms with Gasteiger partial charge < -0.3 is 5.32 Å². The van der Waals surface area contributed by atoms with E-state index in [1.807, 2.05) is 18.2 Å². The Hall–Kier alpha value is -2.25. The molecule has 1 amide bonds. The quantitative estimate of drug-likeness (QED) is 0.876. The molecule has 5 nitrogen and oxygen atoms in total. The minimum atomic E-state index is -3.65. The van der Waals surface area contributed by atoms with Crippen molar-refractivity contribution in [2.45, 2.75) is 17.7 Å². The lowest BCUT2D eigenvalue weighted by molar-refractivity contribution is -0.115. The Morgan fingerprint density at radius 2 is 1.87 bits per heavy atom. The van der Waals surface area contributed by atoms with Crippen molar-refractivity contribution in [2.75, 3.05) is 11.9 Å². The number of benzene rings is 2. The molecular formula is C16H15FN2O3S. The van der Waals surface area contributed by atoms with Gasteiger partial charge in [-0.2, -0.15) is 0 Å². The van der Waals surface area contributed by atoms with Crippen molar-refractivity contribution in [1.82, 2.24) is 4.72 Å². The summed E-state index contributed by atoms with van der Waals surface area (Å²) in [6, 6.07) is 10.3. The smallest absolute Gasteiger partial charge is 0.240 e. The zero-order chi connectivity index (χ0) is 16.4. The highest BCUT2D eigenvalue weighted by Crippen LogP contribution is 2.23. The lowest BCUT2D eigenvalue weighted by atomic mass is 10.1. The first kappa shape index (κ1) is 15.6. The zero-order valence-electron chi connectivity index (χ0n) is 12.2. The van der Waals surface area contributed by atoms with Crippen LogP contribution in [0.4, 0.5) is 10.1 Å². The first-order chi connectivity index (χ1) is 10.9. The molecule has 0 fully saturated rings. The van der Waals surface area contributed by atoms with Gasteiger partial charge in [0, 0.05) is 12.2 Å². The summed E-state index contributed by atoms with van der Waals surface area (Å²) in [5, 5.41) is 2.75. The molecule has 0 radical (unpaired) electrons. The van der Waals surface area contributed by atoms with E-state index < -0.39 is 15.8 Å². The summed E-state index contributed by atoms with van der Waals surface area (Å²) in [6.07, 6.45) is 0.854. The van der Waals surface area contributed by atoms with Crippen LogP contribution in [0.25, 0.3) is 0 Å². The Morgan fingerprint density at radius 3 is 2.61 bits per heavy atom. The molecule has 1 aliphatic rings. The lowest BCUT2D eigenvalue weighted by Gasteiger charge is -2.08. The van der Waals surface area contributed by atoms with Gasteiger partial charge in [-0.25, -0.2) is 17.5 Å². The van der Waals surface area contributed by atoms with Crippen LogP contribution in [0.3, 0.4) is 0 Å². The topological polar surface area (TPSA) is 75.3 Å². The summed E-state index contributed by atoms with van der Waals surface area (Å²) in [5.41, 5.74) is 2.68. The molecule has 1 aliphatic heterocycles. The Labute approximate surface area is 133 Å². The van der Waals surface area contributed by atoms with Crippen LogP contribution in [0.1, 0.15) is 11.1 Å². The van der Waals surface area contributed by atoms with E-state index in [-0.39, 0.29) is 17.3 Å². The molecule has 0 aromatic heterocycles. The molecule has 120 valence electrons. The maximum atomic E-state index is 12.8. The van der Waals surface area contributed by atoms with Gasteiger partial charge in [-0.1, -0.05) is 12.1 Å². The number of nitrogens with one attached hydrogen (secondary N) is 2. The lowest BCUT2D eigenvalue weighted by Crippen LogP contribution is -2.26. The number of hydrogen-bond donors (Lipinski definition) is 2. The Balaban J connectivity index is 1.62. The number of anilines is 1. The van der Waals surface area contributed by atoms with E-state index >= 15 is 0 Å². The van der Waals surface area contributed by atoms with Crippen molar-refractivity contribution in [2.24, 2.45) is 0 Å². The molecule has 2 aromatic rings. The highest BCUT2D eigenvalue weighted by Gasteiger charge is 2.18. The van der Waals surface area contributed by atoms with Crippen molar-refractivity contribution in [3.8, 4) is 0 Å². The predicted octanol–water partition coefficient (Wildman–Crippen LogP) is 1.84. The molecule has 3 rings (SSSR count). The molecule has 2 aromatic carbocycles. The first-order valence-corrected chi connectivity index (χ1v) is 8.59. The van der Waals surface area contributed by atoms with Crippen molar-refractivity contribution in [1.29, 1.82) is 0 Å². The van der Waals surface area contributed by atoms with E-state index in [0.717, 1.165) is 28.9 Å². The van der Waals surface area contributed by atoms with Crippen LogP contribution >= 0.6 is 0 Å². The summed E-state index contributed by atoms with van der Waals surface area (Å²) in [6.45, 7) is 0.222. The monoisotopic (exact) mass is 334 g/mol. The largest absolute Gasteiger partial charge is 0.326 e. The highest BCUT2D eigenvalue weighted by molar-refractivity contribution is 7.89. The Bertz CT molecular complexity index is 848. The molecule has 0 unspecified atom stereocenters. The second-order valence-corrected chi connectivity index (χ2v) is 7.09. The molecule has 0 saturated heterocycles. The number of sulfonamides is 1. The number of hydrogen-bond acceptors (Lipinski definition) is 3. The number of carbonyl (C=O) groups is 1. The summed E-state index contributed by atoms with van der Waals surface area (Å²) in [4.78, 5) is 11.3. The average Bonchev–Trinajstić information content (AvgIpc) is 2.87. The third-order valence-corrected chi connectivity index (χ3v) is 5.10. The van der Waals surface area contributed by atoms with Gasteiger partial charge in [0.25, 0.3) is 0 Å². The summed E-state index contributed by atoms with van der Waals surface area (Å²) in [5.74, 6) is -0.514. The van der Waals surface area contributed by atoms with Crippen molar-refractivity contribution in [3.05, 3.63) is 59.4 Å². The van der Waals surface area contributed by atoms with E-state index in [1.165, 1.54) is 12.1 Å². The highest BCUT2D eigenvalue weighted by atomic mass is 32.2. The molecular weight excluding hydrogens is 319 g/mol. The molecule has 0 aliphatic carbocycles. The minimum Gasteiger partial charge on any atom is -0.326 e. The molecule has 0 spiro atoms. The zero-order valence-corrected chi connectivity index (χ0v) is 13.0. The SMILES string of the molecule is O=C1Cc2cc(CCNS(=O)(=O)c3ccc(F)cc3)ccc2N1. The van der Waals surface area contributed by atoms with Gasteiger partial charge in [-0.3, -0.25) is 4.79 Å². The van der Waals surface area contributed by atoms with E-state index in [1.54, 1.807) is 0 Å². The molecule has 0 saturated carbocycles. The van der Waals surface area contributed by atoms with Crippen LogP contribution in [-0.2, 0) is 27.7 Å². The van der Waals surface area contributed by atoms with Crippen LogP contribution < -0.4 is 10.0 Å². The van der Waals surface area contributed by atoms with Gasteiger partial charge in [0.15, 0.2) is 0 Å². The molecule has 7 heteroatoms. The Morgan fingerprint density at radius 1 is 1.13 bits per heavy atom. The molecule has 0 atom stereocenters. The second kappa shape index (κ2) is 6.10. The van der Waals surface area contributed by atoms with Crippen molar-refractivity contribution < 1.29 is 17.6 Å². The van der Waals surface area contributed by atoms with Crippen LogP contribution in [0.15, 0.2) is 47.4 Å². The van der Waals surface area contributed by atoms with Gasteiger partial charge in [0.1, 0.15) is 5.82 Å². The van der Waals surface area contributed by atoms with E-state index in [0.29, 0.717) is 12.8 Å².